The highest BCUT2D eigenvalue weighted by atomic mass is 32.2. The molecule has 1 amide bonds. The average Bonchev–Trinajstić information content (AvgIpc) is 3.21. The van der Waals surface area contributed by atoms with Gasteiger partial charge in [-0.3, -0.25) is 4.79 Å². The van der Waals surface area contributed by atoms with Crippen LogP contribution in [0.4, 0.5) is 26.3 Å². The number of halogens is 6. The van der Waals surface area contributed by atoms with Crippen LogP contribution in [0, 0.1) is 0 Å². The third-order valence-electron chi connectivity index (χ3n) is 5.84. The van der Waals surface area contributed by atoms with Gasteiger partial charge < -0.3 is 16.2 Å². The van der Waals surface area contributed by atoms with Gasteiger partial charge in [-0.05, 0) is 60.4 Å². The zero-order chi connectivity index (χ0) is 32.2. The summed E-state index contributed by atoms with van der Waals surface area (Å²) in [7, 11) is -6.79. The zero-order valence-electron chi connectivity index (χ0n) is 21.5. The van der Waals surface area contributed by atoms with Gasteiger partial charge in [0.15, 0.2) is 5.96 Å². The van der Waals surface area contributed by atoms with Crippen molar-refractivity contribution in [2.45, 2.75) is 36.0 Å². The molecule has 0 saturated heterocycles. The van der Waals surface area contributed by atoms with Crippen molar-refractivity contribution in [3.05, 3.63) is 68.5 Å². The number of methoxy groups -OCH3 is 1. The number of allylic oxidation sites excluding steroid dienone is 2. The summed E-state index contributed by atoms with van der Waals surface area (Å²) >= 11 is 0. The highest BCUT2D eigenvalue weighted by molar-refractivity contribution is 7.95. The second-order valence-electron chi connectivity index (χ2n) is 8.81. The Hall–Kier alpha value is -4.19. The SMILES string of the molecule is CC1=CS(=O)(=O)c2cc(C(=O)N=C(N)N)c(C(F)(F)F)cc21.COC(=O)c1cc2c(cc1C(F)(F)F)C(C)=CS2(=O)=O. The number of nitrogens with two attached hydrogens (primary N) is 2. The summed E-state index contributed by atoms with van der Waals surface area (Å²) in [6.45, 7) is 2.75. The maximum Gasteiger partial charge on any atom is 0.417 e. The second-order valence-corrected chi connectivity index (χ2v) is 12.3. The standard InChI is InChI=1S/C12H10F3N3O3S.C12H9F3O4S/c1-5-4-22(20,21)9-3-7(10(19)18-11(16)17)8(2-6(5)9)12(13,14)15;1-6-5-20(17,18)10-4-8(11(16)19-2)9(3-7(6)10)12(13,14)15/h2-4H,1H3,(H4,16,17,18,19);3-5H,1-2H3. The number of benzene rings is 2. The molecule has 0 saturated carbocycles. The van der Waals surface area contributed by atoms with E-state index in [4.69, 9.17) is 11.5 Å². The summed E-state index contributed by atoms with van der Waals surface area (Å²) in [5.41, 5.74) is 5.89. The van der Waals surface area contributed by atoms with Gasteiger partial charge in [0.1, 0.15) is 0 Å². The number of rotatable bonds is 2. The van der Waals surface area contributed by atoms with Crippen LogP contribution < -0.4 is 11.5 Å². The van der Waals surface area contributed by atoms with Crippen LogP contribution in [-0.2, 0) is 36.8 Å². The Morgan fingerprint density at radius 1 is 0.738 bits per heavy atom. The lowest BCUT2D eigenvalue weighted by atomic mass is 9.99. The number of carbonyl (C=O) groups excluding carboxylic acids is 2. The molecule has 0 bridgehead atoms. The normalized spacial score (nSPS) is 16.2. The number of hydrogen-bond acceptors (Lipinski definition) is 7. The Morgan fingerprint density at radius 2 is 1.12 bits per heavy atom. The predicted octanol–water partition coefficient (Wildman–Crippen LogP) is 3.91. The molecule has 0 unspecified atom stereocenters. The molecule has 4 N–H and O–H groups in total. The fourth-order valence-corrected chi connectivity index (χ4v) is 7.12. The van der Waals surface area contributed by atoms with Crippen molar-refractivity contribution in [3.63, 3.8) is 0 Å². The molecular weight excluding hydrogens is 620 g/mol. The van der Waals surface area contributed by atoms with Crippen LogP contribution in [-0.4, -0.2) is 41.8 Å². The number of nitrogens with zero attached hydrogens (tertiary/aromatic N) is 1. The number of carbonyl (C=O) groups is 2. The summed E-state index contributed by atoms with van der Waals surface area (Å²) in [4.78, 5) is 25.5. The van der Waals surface area contributed by atoms with Crippen molar-refractivity contribution in [1.29, 1.82) is 0 Å². The van der Waals surface area contributed by atoms with E-state index in [9.17, 15) is 52.8 Å². The number of hydrogen-bond donors (Lipinski definition) is 2. The predicted molar refractivity (Wildman–Crippen MR) is 136 cm³/mol. The lowest BCUT2D eigenvalue weighted by Gasteiger charge is -2.14. The maximum atomic E-state index is 13.1. The van der Waals surface area contributed by atoms with Gasteiger partial charge in [-0.1, -0.05) is 0 Å². The van der Waals surface area contributed by atoms with Gasteiger partial charge in [-0.2, -0.15) is 31.3 Å². The summed E-state index contributed by atoms with van der Waals surface area (Å²) in [5, 5.41) is 1.71. The van der Waals surface area contributed by atoms with Crippen LogP contribution in [0.3, 0.4) is 0 Å². The van der Waals surface area contributed by atoms with Gasteiger partial charge in [0.25, 0.3) is 5.91 Å². The lowest BCUT2D eigenvalue weighted by Crippen LogP contribution is -2.25. The average molecular weight is 640 g/mol. The minimum absolute atomic E-state index is 0.0509. The van der Waals surface area contributed by atoms with E-state index >= 15 is 0 Å². The van der Waals surface area contributed by atoms with Gasteiger partial charge in [-0.15, -0.1) is 0 Å². The second kappa shape index (κ2) is 10.6. The van der Waals surface area contributed by atoms with Gasteiger partial charge in [0, 0.05) is 10.8 Å². The van der Waals surface area contributed by atoms with Crippen LogP contribution in [0.1, 0.15) is 56.8 Å². The van der Waals surface area contributed by atoms with E-state index in [1.165, 1.54) is 13.8 Å². The first kappa shape index (κ1) is 32.3. The molecule has 2 aromatic carbocycles. The number of guanidine groups is 1. The molecule has 0 radical (unpaired) electrons. The number of ether oxygens (including phenoxy) is 1. The minimum Gasteiger partial charge on any atom is -0.465 e. The molecule has 0 atom stereocenters. The lowest BCUT2D eigenvalue weighted by molar-refractivity contribution is -0.138. The van der Waals surface area contributed by atoms with Gasteiger partial charge in [-0.25, -0.2) is 21.6 Å². The molecule has 2 aliphatic heterocycles. The maximum absolute atomic E-state index is 13.1. The van der Waals surface area contributed by atoms with Crippen LogP contribution in [0.15, 0.2) is 49.9 Å². The highest BCUT2D eigenvalue weighted by Crippen LogP contribution is 2.42. The smallest absolute Gasteiger partial charge is 0.417 e. The van der Waals surface area contributed by atoms with Crippen LogP contribution in [0.2, 0.25) is 0 Å². The number of amides is 1. The molecule has 2 aromatic rings. The van der Waals surface area contributed by atoms with Crippen molar-refractivity contribution in [2.75, 3.05) is 7.11 Å². The van der Waals surface area contributed by atoms with E-state index in [0.29, 0.717) is 24.3 Å². The van der Waals surface area contributed by atoms with E-state index < -0.39 is 72.1 Å². The molecule has 2 heterocycles. The largest absolute Gasteiger partial charge is 0.465 e. The van der Waals surface area contributed by atoms with E-state index in [-0.39, 0.29) is 32.1 Å². The zero-order valence-corrected chi connectivity index (χ0v) is 23.1. The first-order chi connectivity index (χ1) is 19.0. The molecule has 0 aliphatic carbocycles. The molecule has 42 heavy (non-hydrogen) atoms. The quantitative estimate of drug-likeness (QED) is 0.214. The summed E-state index contributed by atoms with van der Waals surface area (Å²) < 4.78 is 130. The first-order valence-corrected chi connectivity index (χ1v) is 14.2. The van der Waals surface area contributed by atoms with Gasteiger partial charge in [0.2, 0.25) is 19.7 Å². The van der Waals surface area contributed by atoms with Crippen LogP contribution in [0.25, 0.3) is 11.1 Å². The van der Waals surface area contributed by atoms with Gasteiger partial charge >= 0.3 is 18.3 Å². The highest BCUT2D eigenvalue weighted by Gasteiger charge is 2.40. The Balaban J connectivity index is 0.000000231. The number of alkyl halides is 6. The first-order valence-electron chi connectivity index (χ1n) is 11.1. The van der Waals surface area contributed by atoms with Crippen LogP contribution >= 0.6 is 0 Å². The third-order valence-corrected chi connectivity index (χ3v) is 9.07. The number of esters is 1. The number of fused-ring (bicyclic) bond motifs is 2. The monoisotopic (exact) mass is 639 g/mol. The van der Waals surface area contributed by atoms with Crippen molar-refractivity contribution in [2.24, 2.45) is 16.5 Å². The summed E-state index contributed by atoms with van der Waals surface area (Å²) in [5.74, 6) is -3.33. The van der Waals surface area contributed by atoms with Gasteiger partial charge in [0.05, 0.1) is 39.2 Å². The molecule has 18 heteroatoms. The molecular formula is C24H19F6N3O7S2. The molecule has 2 aliphatic rings. The molecule has 0 fully saturated rings. The number of aliphatic imine (C=N–C) groups is 1. The molecule has 10 nitrogen and oxygen atoms in total. The minimum atomic E-state index is -4.87. The van der Waals surface area contributed by atoms with Crippen molar-refractivity contribution >= 4 is 48.7 Å². The number of sulfone groups is 2. The molecule has 0 aromatic heterocycles. The Bertz CT molecular complexity index is 1840. The van der Waals surface area contributed by atoms with Crippen LogP contribution in [0.5, 0.6) is 0 Å². The molecule has 226 valence electrons. The fourth-order valence-electron chi connectivity index (χ4n) is 4.07. The Labute approximate surface area is 234 Å². The summed E-state index contributed by atoms with van der Waals surface area (Å²) in [6.07, 6.45) is -9.66. The van der Waals surface area contributed by atoms with Crippen molar-refractivity contribution in [3.8, 4) is 0 Å². The van der Waals surface area contributed by atoms with Crippen molar-refractivity contribution < 1.29 is 57.5 Å². The van der Waals surface area contributed by atoms with E-state index in [1.807, 2.05) is 0 Å². The Morgan fingerprint density at radius 3 is 1.48 bits per heavy atom. The topological polar surface area (TPSA) is 176 Å². The van der Waals surface area contributed by atoms with E-state index in [0.717, 1.165) is 17.9 Å². The third kappa shape index (κ3) is 6.18. The van der Waals surface area contributed by atoms with E-state index in [2.05, 4.69) is 9.73 Å². The van der Waals surface area contributed by atoms with E-state index in [1.54, 1.807) is 0 Å². The summed E-state index contributed by atoms with van der Waals surface area (Å²) in [6, 6.07) is 2.64. The molecule has 4 rings (SSSR count). The Kier molecular flexibility index (Phi) is 8.14. The fraction of sp³-hybridized carbons (Fsp3) is 0.208. The van der Waals surface area contributed by atoms with Crippen molar-refractivity contribution in [1.82, 2.24) is 0 Å². The molecule has 0 spiro atoms.